The predicted molar refractivity (Wildman–Crippen MR) is 37.8 cm³/mol. The molecule has 9 heavy (non-hydrogen) atoms. The largest absolute Gasteiger partial charge is 0.125 e. The zero-order chi connectivity index (χ0) is 7.66. The summed E-state index contributed by atoms with van der Waals surface area (Å²) in [6.45, 7) is 1.70. The number of hydrogen-bond donors (Lipinski definition) is 0. The van der Waals surface area contributed by atoms with Crippen LogP contribution in [-0.2, 0) is 0 Å². The molecule has 0 aromatic rings. The Bertz CT molecular complexity index is 284. The van der Waals surface area contributed by atoms with Crippen LogP contribution in [0.25, 0.3) is 0 Å². The van der Waals surface area contributed by atoms with Crippen LogP contribution in [0.2, 0.25) is 0 Å². The molecule has 0 fully saturated rings. The summed E-state index contributed by atoms with van der Waals surface area (Å²) in [6.07, 6.45) is 1.88. The number of rotatable bonds is 0. The van der Waals surface area contributed by atoms with E-state index in [1.54, 1.807) is 6.92 Å². The summed E-state index contributed by atoms with van der Waals surface area (Å²) < 4.78 is 6.38. The maximum atomic E-state index is 6.38. The fraction of sp³-hybridized carbons (Fsp3) is 0.111. The van der Waals surface area contributed by atoms with Gasteiger partial charge in [0.1, 0.15) is 1.37 Å². The molecule has 0 bridgehead atoms. The summed E-state index contributed by atoms with van der Waals surface area (Å²) in [7, 11) is 0. The van der Waals surface area contributed by atoms with Gasteiger partial charge >= 0.3 is 0 Å². The van der Waals surface area contributed by atoms with Crippen LogP contribution in [0.1, 0.15) is 8.29 Å². The van der Waals surface area contributed by atoms with Crippen molar-refractivity contribution in [3.63, 3.8) is 0 Å². The second-order valence-corrected chi connectivity index (χ2v) is 1.00. The minimum atomic E-state index is 1.70. The Balaban J connectivity index is 3.94. The highest BCUT2D eigenvalue weighted by Crippen LogP contribution is 1.52. The van der Waals surface area contributed by atoms with Gasteiger partial charge < -0.3 is 0 Å². The SMILES string of the molecule is [2H]C#CC#CC#CC#CC. The van der Waals surface area contributed by atoms with Gasteiger partial charge in [0.25, 0.3) is 0 Å². The van der Waals surface area contributed by atoms with Gasteiger partial charge in [-0.1, -0.05) is 5.92 Å². The van der Waals surface area contributed by atoms with Gasteiger partial charge in [-0.15, -0.1) is 6.40 Å². The van der Waals surface area contributed by atoms with E-state index in [4.69, 9.17) is 1.37 Å². The lowest BCUT2D eigenvalue weighted by atomic mass is 10.5. The average Bonchev–Trinajstić information content (AvgIpc) is 1.97. The normalized spacial score (nSPS) is 4.33. The summed E-state index contributed by atoms with van der Waals surface area (Å²) >= 11 is 0. The third-order valence-corrected chi connectivity index (χ3v) is 0.438. The number of terminal acetylenes is 1. The Labute approximate surface area is 57.1 Å². The third kappa shape index (κ3) is 6.24. The molecule has 0 aromatic carbocycles. The Morgan fingerprint density at radius 1 is 1.11 bits per heavy atom. The van der Waals surface area contributed by atoms with Crippen LogP contribution in [0, 0.1) is 47.8 Å². The van der Waals surface area contributed by atoms with E-state index in [9.17, 15) is 0 Å². The van der Waals surface area contributed by atoms with E-state index in [0.717, 1.165) is 0 Å². The highest BCUT2D eigenvalue weighted by atomic mass is 13.5. The van der Waals surface area contributed by atoms with Gasteiger partial charge in [-0.2, -0.15) is 0 Å². The van der Waals surface area contributed by atoms with Gasteiger partial charge in [-0.05, 0) is 42.4 Å². The summed E-state index contributed by atoms with van der Waals surface area (Å²) in [5.41, 5.74) is 0. The van der Waals surface area contributed by atoms with Crippen molar-refractivity contribution in [2.24, 2.45) is 0 Å². The monoisotopic (exact) mass is 113 g/mol. The zero-order valence-corrected chi connectivity index (χ0v) is 5.00. The van der Waals surface area contributed by atoms with Gasteiger partial charge in [0.15, 0.2) is 0 Å². The Morgan fingerprint density at radius 3 is 2.44 bits per heavy atom. The van der Waals surface area contributed by atoms with Crippen molar-refractivity contribution in [1.29, 1.82) is 0 Å². The molecule has 0 aliphatic heterocycles. The molecule has 0 heterocycles. The first kappa shape index (κ1) is 5.38. The van der Waals surface area contributed by atoms with Gasteiger partial charge in [0, 0.05) is 0 Å². The van der Waals surface area contributed by atoms with Gasteiger partial charge in [0.2, 0.25) is 0 Å². The standard InChI is InChI=1S/C9H4/c1-3-5-7-9-8-6-4-2/h1H,2H3/i1D. The van der Waals surface area contributed by atoms with Gasteiger partial charge in [-0.3, -0.25) is 0 Å². The van der Waals surface area contributed by atoms with Crippen molar-refractivity contribution >= 4 is 0 Å². The minimum Gasteiger partial charge on any atom is -0.106 e. The van der Waals surface area contributed by atoms with Crippen LogP contribution >= 0.6 is 0 Å². The van der Waals surface area contributed by atoms with Crippen molar-refractivity contribution in [2.75, 3.05) is 0 Å². The van der Waals surface area contributed by atoms with Gasteiger partial charge in [0.05, 0.1) is 0 Å². The molecule has 0 spiro atoms. The van der Waals surface area contributed by atoms with E-state index in [1.807, 2.05) is 6.40 Å². The Morgan fingerprint density at radius 2 is 1.78 bits per heavy atom. The van der Waals surface area contributed by atoms with Crippen LogP contribution in [-0.4, -0.2) is 0 Å². The van der Waals surface area contributed by atoms with Gasteiger partial charge in [-0.25, -0.2) is 0 Å². The summed E-state index contributed by atoms with van der Waals surface area (Å²) in [5, 5.41) is 0. The van der Waals surface area contributed by atoms with Crippen molar-refractivity contribution < 1.29 is 1.37 Å². The summed E-state index contributed by atoms with van der Waals surface area (Å²) in [6, 6.07) is 0. The Hall–Kier alpha value is -1.76. The fourth-order valence-corrected chi connectivity index (χ4v) is 0.188. The van der Waals surface area contributed by atoms with Crippen molar-refractivity contribution in [3.05, 3.63) is 0 Å². The van der Waals surface area contributed by atoms with Crippen LogP contribution in [0.15, 0.2) is 0 Å². The molecule has 0 rings (SSSR count). The van der Waals surface area contributed by atoms with E-state index >= 15 is 0 Å². The second-order valence-electron chi connectivity index (χ2n) is 1.00. The van der Waals surface area contributed by atoms with Crippen molar-refractivity contribution in [3.8, 4) is 47.8 Å². The number of hydrogen-bond acceptors (Lipinski definition) is 0. The third-order valence-electron chi connectivity index (χ3n) is 0.438. The van der Waals surface area contributed by atoms with Crippen LogP contribution < -0.4 is 0 Å². The predicted octanol–water partition coefficient (Wildman–Crippen LogP) is 0.650. The van der Waals surface area contributed by atoms with Crippen LogP contribution in [0.3, 0.4) is 0 Å². The smallest absolute Gasteiger partial charge is 0.106 e. The van der Waals surface area contributed by atoms with Crippen molar-refractivity contribution in [2.45, 2.75) is 6.92 Å². The quantitative estimate of drug-likeness (QED) is 0.404. The molecule has 0 aliphatic rings. The minimum absolute atomic E-state index is 1.70. The van der Waals surface area contributed by atoms with E-state index in [0.29, 0.717) is 0 Å². The molecule has 0 aromatic heterocycles. The highest BCUT2D eigenvalue weighted by Gasteiger charge is 1.50. The zero-order valence-electron chi connectivity index (χ0n) is 6.00. The molecule has 40 valence electrons. The second kappa shape index (κ2) is 6.24. The molecule has 0 N–H and O–H groups in total. The van der Waals surface area contributed by atoms with E-state index in [-0.39, 0.29) is 0 Å². The molecule has 0 amide bonds. The maximum absolute atomic E-state index is 6.38. The van der Waals surface area contributed by atoms with Crippen molar-refractivity contribution in [1.82, 2.24) is 0 Å². The molecule has 0 saturated heterocycles. The summed E-state index contributed by atoms with van der Waals surface area (Å²) in [4.78, 5) is 0. The lowest BCUT2D eigenvalue weighted by Gasteiger charge is -1.52. The van der Waals surface area contributed by atoms with Crippen LogP contribution in [0.5, 0.6) is 0 Å². The molecule has 0 aliphatic carbocycles. The molecular formula is C9H4. The lowest BCUT2D eigenvalue weighted by molar-refractivity contribution is 1.92. The molecule has 0 saturated carbocycles. The first-order valence-electron chi connectivity index (χ1n) is 2.75. The van der Waals surface area contributed by atoms with E-state index in [2.05, 4.69) is 41.4 Å². The molecule has 0 heteroatoms. The lowest BCUT2D eigenvalue weighted by Crippen LogP contribution is -1.50. The molecule has 0 radical (unpaired) electrons. The van der Waals surface area contributed by atoms with E-state index < -0.39 is 0 Å². The first-order valence-corrected chi connectivity index (χ1v) is 2.25. The Kier molecular flexibility index (Phi) is 3.73. The topological polar surface area (TPSA) is 0 Å². The average molecular weight is 113 g/mol. The molecule has 0 atom stereocenters. The molecular weight excluding hydrogens is 108 g/mol. The molecule has 0 unspecified atom stereocenters. The summed E-state index contributed by atoms with van der Waals surface area (Å²) in [5.74, 6) is 17.0. The highest BCUT2D eigenvalue weighted by molar-refractivity contribution is 5.38. The maximum Gasteiger partial charge on any atom is 0.125 e. The molecule has 0 nitrogen and oxygen atoms in total. The van der Waals surface area contributed by atoms with Crippen LogP contribution in [0.4, 0.5) is 0 Å². The van der Waals surface area contributed by atoms with E-state index in [1.165, 1.54) is 0 Å². The fourth-order valence-electron chi connectivity index (χ4n) is 0.188. The first-order chi connectivity index (χ1) is 4.91.